The third-order valence-corrected chi connectivity index (χ3v) is 5.26. The Morgan fingerprint density at radius 2 is 1.58 bits per heavy atom. The number of alkyl halides is 4. The van der Waals surface area contributed by atoms with Crippen molar-refractivity contribution in [3.05, 3.63) is 88.2 Å². The molecule has 1 aromatic heterocycles. The average molecular weight is 569 g/mol. The van der Waals surface area contributed by atoms with Crippen molar-refractivity contribution in [1.82, 2.24) is 15.0 Å². The number of hydrogen-bond donors (Lipinski definition) is 2. The molecule has 0 aliphatic rings. The van der Waals surface area contributed by atoms with Crippen molar-refractivity contribution >= 4 is 47.0 Å². The summed E-state index contributed by atoms with van der Waals surface area (Å²) >= 11 is 12.1. The van der Waals surface area contributed by atoms with Gasteiger partial charge in [0.15, 0.2) is 5.82 Å². The first-order chi connectivity index (χ1) is 18.1. The number of nitrogens with zero attached hydrogens (tertiary/aromatic N) is 4. The first-order valence-electron chi connectivity index (χ1n) is 10.6. The molecule has 0 radical (unpaired) electrons. The summed E-state index contributed by atoms with van der Waals surface area (Å²) < 4.78 is 69.2. The summed E-state index contributed by atoms with van der Waals surface area (Å²) in [6.07, 6.45) is -7.32. The van der Waals surface area contributed by atoms with Crippen molar-refractivity contribution in [1.29, 1.82) is 0 Å². The van der Waals surface area contributed by atoms with Gasteiger partial charge >= 0.3 is 12.5 Å². The maximum absolute atomic E-state index is 14.6. The second-order valence-corrected chi connectivity index (χ2v) is 8.28. The zero-order valence-corrected chi connectivity index (χ0v) is 20.4. The Kier molecular flexibility index (Phi) is 8.23. The summed E-state index contributed by atoms with van der Waals surface area (Å²) in [5.41, 5.74) is 3.50. The molecule has 0 fully saturated rings. The highest BCUT2D eigenvalue weighted by Crippen LogP contribution is 2.30. The van der Waals surface area contributed by atoms with Gasteiger partial charge < -0.3 is 10.1 Å². The first-order valence-corrected chi connectivity index (χ1v) is 11.3. The smallest absolute Gasteiger partial charge is 0.428 e. The van der Waals surface area contributed by atoms with Crippen LogP contribution >= 0.6 is 23.2 Å². The molecule has 38 heavy (non-hydrogen) atoms. The van der Waals surface area contributed by atoms with Crippen molar-refractivity contribution in [2.24, 2.45) is 5.10 Å². The fraction of sp³-hybridized carbons (Fsp3) is 0.0833. The van der Waals surface area contributed by atoms with Gasteiger partial charge in [0.05, 0.1) is 16.8 Å². The number of hydrazone groups is 1. The van der Waals surface area contributed by atoms with Crippen LogP contribution in [-0.4, -0.2) is 33.7 Å². The molecular formula is C24H15Cl2F5N6O. The number of hydrogen-bond acceptors (Lipinski definition) is 7. The Morgan fingerprint density at radius 1 is 0.895 bits per heavy atom. The molecule has 2 N–H and O–H groups in total. The number of aromatic nitrogens is 3. The average Bonchev–Trinajstić information content (AvgIpc) is 2.86. The standard InChI is InChI=1S/C24H15Cl2F5N6O/c25-14-6-8-15(9-7-14)33-22-34-20(19-17(26)2-1-3-18(19)27)35-23(36-22)37-32-12-13-4-10-16(11-5-13)38-24(30,31)21(28)29/h1-12,21H,(H2,33,34,35,36,37)/b32-12+. The molecule has 0 bridgehead atoms. The number of halogens is 7. The molecule has 14 heteroatoms. The van der Waals surface area contributed by atoms with Gasteiger partial charge in [0, 0.05) is 10.7 Å². The normalized spacial score (nSPS) is 11.7. The lowest BCUT2D eigenvalue weighted by molar-refractivity contribution is -0.253. The first kappa shape index (κ1) is 27.0. The Morgan fingerprint density at radius 3 is 2.24 bits per heavy atom. The van der Waals surface area contributed by atoms with Crippen LogP contribution in [0.3, 0.4) is 0 Å². The van der Waals surface area contributed by atoms with Gasteiger partial charge in [0.2, 0.25) is 11.9 Å². The number of benzene rings is 3. The lowest BCUT2D eigenvalue weighted by atomic mass is 10.2. The molecule has 0 atom stereocenters. The highest BCUT2D eigenvalue weighted by atomic mass is 35.5. The molecule has 4 rings (SSSR count). The minimum atomic E-state index is -4.62. The van der Waals surface area contributed by atoms with Crippen LogP contribution in [0.2, 0.25) is 10.0 Å². The second-order valence-electron chi connectivity index (χ2n) is 7.44. The van der Waals surface area contributed by atoms with Gasteiger partial charge in [-0.1, -0.05) is 29.3 Å². The molecular weight excluding hydrogens is 554 g/mol. The van der Waals surface area contributed by atoms with Gasteiger partial charge in [-0.2, -0.15) is 37.6 Å². The van der Waals surface area contributed by atoms with E-state index in [1.54, 1.807) is 24.3 Å². The zero-order valence-electron chi connectivity index (χ0n) is 18.8. The van der Waals surface area contributed by atoms with Crippen LogP contribution < -0.4 is 15.5 Å². The minimum absolute atomic E-state index is 0.0378. The lowest BCUT2D eigenvalue weighted by Gasteiger charge is -2.16. The molecule has 0 saturated carbocycles. The predicted octanol–water partition coefficient (Wildman–Crippen LogP) is 7.41. The van der Waals surface area contributed by atoms with Crippen molar-refractivity contribution in [2.75, 3.05) is 10.7 Å². The highest BCUT2D eigenvalue weighted by Gasteiger charge is 2.43. The molecule has 0 aliphatic heterocycles. The predicted molar refractivity (Wildman–Crippen MR) is 134 cm³/mol. The van der Waals surface area contributed by atoms with E-state index in [9.17, 15) is 22.0 Å². The maximum atomic E-state index is 14.6. The minimum Gasteiger partial charge on any atom is -0.428 e. The van der Waals surface area contributed by atoms with Gasteiger partial charge in [0.1, 0.15) is 11.6 Å². The summed E-state index contributed by atoms with van der Waals surface area (Å²) in [7, 11) is 0. The van der Waals surface area contributed by atoms with Gasteiger partial charge in [-0.3, -0.25) is 0 Å². The van der Waals surface area contributed by atoms with Crippen molar-refractivity contribution in [2.45, 2.75) is 12.5 Å². The maximum Gasteiger partial charge on any atom is 0.461 e. The van der Waals surface area contributed by atoms with Gasteiger partial charge in [0.25, 0.3) is 0 Å². The number of rotatable bonds is 9. The van der Waals surface area contributed by atoms with E-state index in [2.05, 4.69) is 35.5 Å². The molecule has 1 heterocycles. The molecule has 7 nitrogen and oxygen atoms in total. The number of anilines is 3. The van der Waals surface area contributed by atoms with Crippen LogP contribution in [0.15, 0.2) is 71.8 Å². The second kappa shape index (κ2) is 11.6. The topological polar surface area (TPSA) is 84.3 Å². The summed E-state index contributed by atoms with van der Waals surface area (Å²) in [4.78, 5) is 12.6. The third kappa shape index (κ3) is 6.84. The van der Waals surface area contributed by atoms with Crippen molar-refractivity contribution < 1.29 is 26.7 Å². The van der Waals surface area contributed by atoms with E-state index < -0.39 is 24.1 Å². The summed E-state index contributed by atoms with van der Waals surface area (Å²) in [6.45, 7) is 0. The van der Waals surface area contributed by atoms with E-state index in [0.717, 1.165) is 12.1 Å². The summed E-state index contributed by atoms with van der Waals surface area (Å²) in [5, 5.41) is 7.52. The molecule has 196 valence electrons. The Bertz CT molecular complexity index is 1420. The molecule has 4 aromatic rings. The summed E-state index contributed by atoms with van der Waals surface area (Å²) in [5.74, 6) is -1.24. The molecule has 0 saturated heterocycles. The van der Waals surface area contributed by atoms with Gasteiger partial charge in [-0.05, 0) is 66.2 Å². The van der Waals surface area contributed by atoms with Gasteiger partial charge in [-0.25, -0.2) is 9.82 Å². The van der Waals surface area contributed by atoms with Crippen LogP contribution in [0.5, 0.6) is 5.75 Å². The molecule has 0 amide bonds. The van der Waals surface area contributed by atoms with Crippen LogP contribution in [0, 0.1) is 5.82 Å². The lowest BCUT2D eigenvalue weighted by Crippen LogP contribution is -2.33. The monoisotopic (exact) mass is 568 g/mol. The molecule has 0 unspecified atom stereocenters. The van der Waals surface area contributed by atoms with Crippen LogP contribution in [0.25, 0.3) is 11.4 Å². The number of ether oxygens (including phenoxy) is 1. The zero-order chi connectivity index (χ0) is 27.3. The van der Waals surface area contributed by atoms with Crippen molar-refractivity contribution in [3.8, 4) is 17.1 Å². The third-order valence-electron chi connectivity index (χ3n) is 4.69. The quantitative estimate of drug-likeness (QED) is 0.124. The van der Waals surface area contributed by atoms with E-state index in [-0.39, 0.29) is 28.3 Å². The SMILES string of the molecule is Fc1cccc(Cl)c1-c1nc(N/N=C/c2ccc(OC(F)(F)C(F)F)cc2)nc(Nc2ccc(Cl)cc2)n1. The van der Waals surface area contributed by atoms with E-state index in [1.165, 1.54) is 36.5 Å². The van der Waals surface area contributed by atoms with E-state index in [0.29, 0.717) is 16.3 Å². The molecule has 0 aliphatic carbocycles. The van der Waals surface area contributed by atoms with E-state index >= 15 is 0 Å². The molecule has 0 spiro atoms. The Labute approximate surface area is 222 Å². The molecule has 3 aromatic carbocycles. The summed E-state index contributed by atoms with van der Waals surface area (Å²) in [6, 6.07) is 15.5. The largest absolute Gasteiger partial charge is 0.461 e. The van der Waals surface area contributed by atoms with Gasteiger partial charge in [-0.15, -0.1) is 0 Å². The fourth-order valence-electron chi connectivity index (χ4n) is 2.96. The number of nitrogens with one attached hydrogen (secondary N) is 2. The van der Waals surface area contributed by atoms with E-state index in [1.807, 2.05) is 0 Å². The fourth-order valence-corrected chi connectivity index (χ4v) is 3.33. The van der Waals surface area contributed by atoms with Crippen LogP contribution in [0.4, 0.5) is 39.5 Å². The van der Waals surface area contributed by atoms with Crippen LogP contribution in [0.1, 0.15) is 5.56 Å². The van der Waals surface area contributed by atoms with Crippen LogP contribution in [-0.2, 0) is 0 Å². The Balaban J connectivity index is 1.57. The van der Waals surface area contributed by atoms with E-state index in [4.69, 9.17) is 23.2 Å². The Hall–Kier alpha value is -4.03. The van der Waals surface area contributed by atoms with Crippen molar-refractivity contribution in [3.63, 3.8) is 0 Å². The highest BCUT2D eigenvalue weighted by molar-refractivity contribution is 6.33.